The molecule has 0 amide bonds. The molecular formula is C12H12N4O2S. The van der Waals surface area contributed by atoms with Crippen molar-refractivity contribution >= 4 is 16.5 Å². The van der Waals surface area contributed by atoms with E-state index in [4.69, 9.17) is 14.7 Å². The largest absolute Gasteiger partial charge is 0.493 e. The minimum Gasteiger partial charge on any atom is -0.493 e. The van der Waals surface area contributed by atoms with Crippen molar-refractivity contribution in [1.29, 1.82) is 5.26 Å². The van der Waals surface area contributed by atoms with Gasteiger partial charge in [-0.15, -0.1) is 10.2 Å². The molecule has 1 aromatic carbocycles. The smallest absolute Gasteiger partial charge is 0.205 e. The zero-order chi connectivity index (χ0) is 13.7. The summed E-state index contributed by atoms with van der Waals surface area (Å²) in [6.07, 6.45) is 0. The Morgan fingerprint density at radius 1 is 1.37 bits per heavy atom. The van der Waals surface area contributed by atoms with Crippen molar-refractivity contribution in [2.75, 3.05) is 19.5 Å². The number of anilines is 1. The summed E-state index contributed by atoms with van der Waals surface area (Å²) in [5.41, 5.74) is 0.526. The highest BCUT2D eigenvalue weighted by atomic mass is 32.1. The molecule has 98 valence electrons. The number of rotatable bonds is 5. The average molecular weight is 276 g/mol. The van der Waals surface area contributed by atoms with Gasteiger partial charge in [0.25, 0.3) is 0 Å². The third-order valence-electron chi connectivity index (χ3n) is 2.32. The van der Waals surface area contributed by atoms with Crippen molar-refractivity contribution in [2.45, 2.75) is 6.61 Å². The third-order valence-corrected chi connectivity index (χ3v) is 3.24. The molecule has 0 radical (unpaired) electrons. The van der Waals surface area contributed by atoms with Gasteiger partial charge in [0.05, 0.1) is 18.7 Å². The van der Waals surface area contributed by atoms with E-state index in [0.717, 1.165) is 10.1 Å². The Morgan fingerprint density at radius 3 is 2.84 bits per heavy atom. The molecule has 0 aliphatic heterocycles. The van der Waals surface area contributed by atoms with Crippen LogP contribution < -0.4 is 14.8 Å². The summed E-state index contributed by atoms with van der Waals surface area (Å²) in [5.74, 6) is 1.10. The number of hydrogen-bond donors (Lipinski definition) is 1. The lowest BCUT2D eigenvalue weighted by Crippen LogP contribution is -1.97. The fourth-order valence-corrected chi connectivity index (χ4v) is 2.02. The number of ether oxygens (including phenoxy) is 2. The molecule has 2 rings (SSSR count). The van der Waals surface area contributed by atoms with Crippen LogP contribution in [-0.4, -0.2) is 24.4 Å². The molecule has 1 heterocycles. The van der Waals surface area contributed by atoms with Crippen molar-refractivity contribution < 1.29 is 9.47 Å². The lowest BCUT2D eigenvalue weighted by Gasteiger charge is -2.09. The van der Waals surface area contributed by atoms with Crippen LogP contribution in [0.5, 0.6) is 11.5 Å². The standard InChI is InChI=1S/C12H12N4O2S/c1-14-12-16-15-11(19-12)7-18-9-4-3-8(6-13)5-10(9)17-2/h3-5H,7H2,1-2H3,(H,14,16). The first-order valence-electron chi connectivity index (χ1n) is 5.48. The van der Waals surface area contributed by atoms with Crippen LogP contribution in [0.15, 0.2) is 18.2 Å². The maximum atomic E-state index is 8.82. The van der Waals surface area contributed by atoms with Crippen LogP contribution in [0, 0.1) is 11.3 Å². The molecule has 0 aliphatic rings. The molecule has 1 aromatic heterocycles. The molecular weight excluding hydrogens is 264 g/mol. The molecule has 0 bridgehead atoms. The van der Waals surface area contributed by atoms with Crippen molar-refractivity contribution in [1.82, 2.24) is 10.2 Å². The van der Waals surface area contributed by atoms with Crippen molar-refractivity contribution in [3.63, 3.8) is 0 Å². The molecule has 0 saturated heterocycles. The normalized spacial score (nSPS) is 9.74. The highest BCUT2D eigenvalue weighted by molar-refractivity contribution is 7.15. The Labute approximate surface area is 114 Å². The van der Waals surface area contributed by atoms with E-state index in [1.54, 1.807) is 25.2 Å². The fraction of sp³-hybridized carbons (Fsp3) is 0.250. The van der Waals surface area contributed by atoms with Crippen LogP contribution in [-0.2, 0) is 6.61 Å². The Morgan fingerprint density at radius 2 is 2.21 bits per heavy atom. The lowest BCUT2D eigenvalue weighted by molar-refractivity contribution is 0.283. The Balaban J connectivity index is 2.08. The van der Waals surface area contributed by atoms with Crippen molar-refractivity contribution in [2.24, 2.45) is 0 Å². The van der Waals surface area contributed by atoms with Crippen molar-refractivity contribution in [3.05, 3.63) is 28.8 Å². The topological polar surface area (TPSA) is 80.1 Å². The van der Waals surface area contributed by atoms with Gasteiger partial charge in [-0.3, -0.25) is 0 Å². The molecule has 0 saturated carbocycles. The van der Waals surface area contributed by atoms with Gasteiger partial charge >= 0.3 is 0 Å². The molecule has 7 heteroatoms. The van der Waals surface area contributed by atoms with Gasteiger partial charge in [-0.05, 0) is 12.1 Å². The van der Waals surface area contributed by atoms with E-state index in [0.29, 0.717) is 23.7 Å². The zero-order valence-corrected chi connectivity index (χ0v) is 11.3. The predicted octanol–water partition coefficient (Wildman–Crippen LogP) is 2.04. The summed E-state index contributed by atoms with van der Waals surface area (Å²) in [6, 6.07) is 7.07. The number of benzene rings is 1. The Kier molecular flexibility index (Phi) is 4.15. The maximum Gasteiger partial charge on any atom is 0.205 e. The van der Waals surface area contributed by atoms with E-state index in [9.17, 15) is 0 Å². The predicted molar refractivity (Wildman–Crippen MR) is 71.5 cm³/mol. The van der Waals surface area contributed by atoms with Gasteiger partial charge in [-0.1, -0.05) is 11.3 Å². The van der Waals surface area contributed by atoms with Crippen LogP contribution in [0.4, 0.5) is 5.13 Å². The van der Waals surface area contributed by atoms with E-state index in [1.165, 1.54) is 18.4 Å². The minimum absolute atomic E-state index is 0.307. The molecule has 2 aromatic rings. The summed E-state index contributed by atoms with van der Waals surface area (Å²) in [4.78, 5) is 0. The fourth-order valence-electron chi connectivity index (χ4n) is 1.41. The SMILES string of the molecule is CNc1nnc(COc2ccc(C#N)cc2OC)s1. The second kappa shape index (κ2) is 6.02. The summed E-state index contributed by atoms with van der Waals surface area (Å²) in [6.45, 7) is 0.307. The summed E-state index contributed by atoms with van der Waals surface area (Å²) >= 11 is 1.42. The summed E-state index contributed by atoms with van der Waals surface area (Å²) in [5, 5.41) is 21.1. The number of nitrogens with zero attached hydrogens (tertiary/aromatic N) is 3. The van der Waals surface area contributed by atoms with Crippen LogP contribution in [0.3, 0.4) is 0 Å². The van der Waals surface area contributed by atoms with E-state index in [2.05, 4.69) is 15.5 Å². The van der Waals surface area contributed by atoms with Crippen LogP contribution in [0.1, 0.15) is 10.6 Å². The van der Waals surface area contributed by atoms with Gasteiger partial charge in [0.2, 0.25) is 5.13 Å². The van der Waals surface area contributed by atoms with E-state index in [-0.39, 0.29) is 0 Å². The minimum atomic E-state index is 0.307. The highest BCUT2D eigenvalue weighted by Crippen LogP contribution is 2.29. The second-order valence-corrected chi connectivity index (χ2v) is 4.58. The quantitative estimate of drug-likeness (QED) is 0.900. The highest BCUT2D eigenvalue weighted by Gasteiger charge is 2.08. The summed E-state index contributed by atoms with van der Waals surface area (Å²) in [7, 11) is 3.32. The Bertz CT molecular complexity index is 606. The van der Waals surface area contributed by atoms with E-state index in [1.807, 2.05) is 6.07 Å². The molecule has 1 N–H and O–H groups in total. The number of nitriles is 1. The molecule has 0 fully saturated rings. The molecule has 0 spiro atoms. The number of nitrogens with one attached hydrogen (secondary N) is 1. The zero-order valence-electron chi connectivity index (χ0n) is 10.5. The Hall–Kier alpha value is -2.33. The van der Waals surface area contributed by atoms with Gasteiger partial charge in [-0.25, -0.2) is 0 Å². The third kappa shape index (κ3) is 3.11. The van der Waals surface area contributed by atoms with Gasteiger partial charge in [0, 0.05) is 13.1 Å². The molecule has 0 aliphatic carbocycles. The first kappa shape index (κ1) is 13.1. The first-order valence-corrected chi connectivity index (χ1v) is 6.29. The van der Waals surface area contributed by atoms with Gasteiger partial charge in [0.1, 0.15) is 6.61 Å². The van der Waals surface area contributed by atoms with E-state index >= 15 is 0 Å². The average Bonchev–Trinajstić information content (AvgIpc) is 2.92. The van der Waals surface area contributed by atoms with Gasteiger partial charge in [0.15, 0.2) is 16.5 Å². The monoisotopic (exact) mass is 276 g/mol. The van der Waals surface area contributed by atoms with Crippen LogP contribution >= 0.6 is 11.3 Å². The first-order chi connectivity index (χ1) is 9.26. The second-order valence-electron chi connectivity index (χ2n) is 3.52. The molecule has 6 nitrogen and oxygen atoms in total. The van der Waals surface area contributed by atoms with Crippen molar-refractivity contribution in [3.8, 4) is 17.6 Å². The lowest BCUT2D eigenvalue weighted by atomic mass is 10.2. The number of methoxy groups -OCH3 is 1. The number of aromatic nitrogens is 2. The van der Waals surface area contributed by atoms with Crippen LogP contribution in [0.25, 0.3) is 0 Å². The molecule has 0 unspecified atom stereocenters. The molecule has 0 atom stereocenters. The summed E-state index contributed by atoms with van der Waals surface area (Å²) < 4.78 is 10.8. The van der Waals surface area contributed by atoms with E-state index < -0.39 is 0 Å². The van der Waals surface area contributed by atoms with Crippen LogP contribution in [0.2, 0.25) is 0 Å². The maximum absolute atomic E-state index is 8.82. The molecule has 19 heavy (non-hydrogen) atoms. The number of hydrogen-bond acceptors (Lipinski definition) is 7. The van der Waals surface area contributed by atoms with Gasteiger partial charge < -0.3 is 14.8 Å². The van der Waals surface area contributed by atoms with Gasteiger partial charge in [-0.2, -0.15) is 5.26 Å².